The third-order valence-electron chi connectivity index (χ3n) is 4.82. The van der Waals surface area contributed by atoms with E-state index >= 15 is 0 Å². The van der Waals surface area contributed by atoms with Gasteiger partial charge in [0.2, 0.25) is 0 Å². The molecule has 150 valence electrons. The summed E-state index contributed by atoms with van der Waals surface area (Å²) in [4.78, 5) is 6.72. The molecule has 0 aromatic heterocycles. The van der Waals surface area contributed by atoms with Crippen molar-refractivity contribution in [3.63, 3.8) is 0 Å². The van der Waals surface area contributed by atoms with Gasteiger partial charge in [-0.15, -0.1) is 0 Å². The third-order valence-corrected chi connectivity index (χ3v) is 7.70. The van der Waals surface area contributed by atoms with Gasteiger partial charge in [0.05, 0.1) is 18.8 Å². The average molecular weight is 428 g/mol. The number of hydrogen-bond acceptors (Lipinski definition) is 7. The minimum atomic E-state index is -3.48. The second-order valence-electron chi connectivity index (χ2n) is 6.33. The van der Waals surface area contributed by atoms with Crippen molar-refractivity contribution in [2.24, 2.45) is 4.99 Å². The molecule has 0 bridgehead atoms. The molecule has 6 nitrogen and oxygen atoms in total. The number of methoxy groups -OCH3 is 1. The van der Waals surface area contributed by atoms with E-state index in [-0.39, 0.29) is 6.04 Å². The minimum Gasteiger partial charge on any atom is -0.496 e. The molecule has 2 aromatic carbocycles. The molecule has 0 radical (unpaired) electrons. The van der Waals surface area contributed by atoms with Crippen molar-refractivity contribution in [2.45, 2.75) is 6.04 Å². The highest BCUT2D eigenvalue weighted by Gasteiger charge is 2.43. The van der Waals surface area contributed by atoms with E-state index in [4.69, 9.17) is 18.8 Å². The van der Waals surface area contributed by atoms with E-state index < -0.39 is 7.60 Å². The monoisotopic (exact) mass is 428 g/mol. The summed E-state index contributed by atoms with van der Waals surface area (Å²) in [7, 11) is 0.940. The summed E-state index contributed by atoms with van der Waals surface area (Å²) < 4.78 is 29.4. The van der Waals surface area contributed by atoms with Crippen LogP contribution in [-0.4, -0.2) is 31.4 Å². The maximum Gasteiger partial charge on any atom is 0.377 e. The van der Waals surface area contributed by atoms with Crippen LogP contribution in [0.3, 0.4) is 0 Å². The molecule has 2 aliphatic heterocycles. The molecule has 0 spiro atoms. The second-order valence-corrected chi connectivity index (χ2v) is 9.35. The zero-order valence-corrected chi connectivity index (χ0v) is 18.0. The van der Waals surface area contributed by atoms with Gasteiger partial charge in [-0.3, -0.25) is 4.57 Å². The van der Waals surface area contributed by atoms with Crippen LogP contribution in [0, 0.1) is 0 Å². The summed E-state index contributed by atoms with van der Waals surface area (Å²) in [6.45, 7) is 0. The molecule has 2 aromatic rings. The topological polar surface area (TPSA) is 60.4 Å². The maximum atomic E-state index is 13.2. The molecule has 2 heterocycles. The highest BCUT2D eigenvalue weighted by Crippen LogP contribution is 2.62. The number of hydrogen-bond donors (Lipinski definition) is 0. The summed E-state index contributed by atoms with van der Waals surface area (Å²) in [6.07, 6.45) is 2.05. The molecule has 0 aliphatic carbocycles. The summed E-state index contributed by atoms with van der Waals surface area (Å²) in [5.74, 6) is 0.739. The van der Waals surface area contributed by atoms with E-state index in [0.717, 1.165) is 22.6 Å². The first-order valence-corrected chi connectivity index (χ1v) is 11.4. The number of ether oxygens (including phenoxy) is 1. The first kappa shape index (κ1) is 20.0. The van der Waals surface area contributed by atoms with Crippen LogP contribution in [0.1, 0.15) is 17.2 Å². The number of para-hydroxylation sites is 1. The lowest BCUT2D eigenvalue weighted by atomic mass is 10.00. The van der Waals surface area contributed by atoms with E-state index in [1.165, 1.54) is 26.0 Å². The van der Waals surface area contributed by atoms with Gasteiger partial charge in [0.15, 0.2) is 5.17 Å². The summed E-state index contributed by atoms with van der Waals surface area (Å²) >= 11 is 1.40. The predicted octanol–water partition coefficient (Wildman–Crippen LogP) is 5.48. The summed E-state index contributed by atoms with van der Waals surface area (Å²) in [5.41, 5.74) is 3.25. The lowest BCUT2D eigenvalue weighted by molar-refractivity contribution is 0.271. The Kier molecular flexibility index (Phi) is 5.65. The second kappa shape index (κ2) is 8.20. The first-order chi connectivity index (χ1) is 14.1. The summed E-state index contributed by atoms with van der Waals surface area (Å²) in [6, 6.07) is 17.5. The fraction of sp³-hybridized carbons (Fsp3) is 0.190. The van der Waals surface area contributed by atoms with Gasteiger partial charge in [-0.25, -0.2) is 4.99 Å². The highest BCUT2D eigenvalue weighted by molar-refractivity contribution is 8.16. The number of amidine groups is 1. The van der Waals surface area contributed by atoms with E-state index in [0.29, 0.717) is 10.6 Å². The van der Waals surface area contributed by atoms with Crippen molar-refractivity contribution in [1.82, 2.24) is 4.90 Å². The van der Waals surface area contributed by atoms with Gasteiger partial charge < -0.3 is 18.7 Å². The van der Waals surface area contributed by atoms with Gasteiger partial charge >= 0.3 is 7.60 Å². The van der Waals surface area contributed by atoms with Gasteiger partial charge in [-0.1, -0.05) is 60.3 Å². The Morgan fingerprint density at radius 2 is 1.69 bits per heavy atom. The van der Waals surface area contributed by atoms with Crippen LogP contribution in [0.5, 0.6) is 5.75 Å². The lowest BCUT2D eigenvalue weighted by Gasteiger charge is -2.35. The molecule has 29 heavy (non-hydrogen) atoms. The first-order valence-electron chi connectivity index (χ1n) is 8.98. The predicted molar refractivity (Wildman–Crippen MR) is 117 cm³/mol. The minimum absolute atomic E-state index is 0.284. The smallest absolute Gasteiger partial charge is 0.377 e. The summed E-state index contributed by atoms with van der Waals surface area (Å²) in [5, 5.41) is 2.50. The van der Waals surface area contributed by atoms with Gasteiger partial charge in [0.25, 0.3) is 0 Å². The number of thioether (sulfide) groups is 1. The molecule has 1 unspecified atom stereocenters. The molecule has 0 saturated heterocycles. The quantitative estimate of drug-likeness (QED) is 0.568. The lowest BCUT2D eigenvalue weighted by Crippen LogP contribution is -2.31. The Bertz CT molecular complexity index is 1040. The third kappa shape index (κ3) is 3.55. The molecule has 0 amide bonds. The fourth-order valence-corrected chi connectivity index (χ4v) is 5.94. The van der Waals surface area contributed by atoms with Crippen LogP contribution in [0.4, 0.5) is 0 Å². The SMILES string of the molecule is COc1ccccc1C1C=C(c2ccccc2)N=C2SC=C(P(=O)(OC)OC)N21. The molecule has 1 atom stereocenters. The molecular weight excluding hydrogens is 407 g/mol. The van der Waals surface area contributed by atoms with Crippen molar-refractivity contribution in [3.8, 4) is 5.75 Å². The Morgan fingerprint density at radius 3 is 2.38 bits per heavy atom. The van der Waals surface area contributed by atoms with Crippen LogP contribution in [0.15, 0.2) is 76.5 Å². The zero-order chi connectivity index (χ0) is 20.4. The Labute approximate surface area is 174 Å². The van der Waals surface area contributed by atoms with Crippen LogP contribution in [0.25, 0.3) is 5.70 Å². The maximum absolute atomic E-state index is 13.2. The van der Waals surface area contributed by atoms with E-state index in [1.54, 1.807) is 12.5 Å². The van der Waals surface area contributed by atoms with Crippen LogP contribution in [-0.2, 0) is 13.6 Å². The fourth-order valence-electron chi connectivity index (χ4n) is 3.39. The molecule has 0 saturated carbocycles. The van der Waals surface area contributed by atoms with Crippen LogP contribution >= 0.6 is 19.4 Å². The van der Waals surface area contributed by atoms with Crippen LogP contribution in [0.2, 0.25) is 0 Å². The van der Waals surface area contributed by atoms with Crippen molar-refractivity contribution >= 4 is 30.2 Å². The number of benzene rings is 2. The van der Waals surface area contributed by atoms with Gasteiger partial charge in [-0.05, 0) is 17.7 Å². The molecule has 0 N–H and O–H groups in total. The van der Waals surface area contributed by atoms with Crippen molar-refractivity contribution in [2.75, 3.05) is 21.3 Å². The van der Waals surface area contributed by atoms with Gasteiger partial charge in [0, 0.05) is 25.2 Å². The number of nitrogens with zero attached hydrogens (tertiary/aromatic N) is 2. The molecule has 2 aliphatic rings. The Hall–Kier alpha value is -2.31. The van der Waals surface area contributed by atoms with Gasteiger partial charge in [-0.2, -0.15) is 0 Å². The standard InChI is InChI=1S/C21H21N2O4PS/c1-25-19-12-8-7-11-16(19)18-13-17(15-9-5-4-6-10-15)22-21-23(18)20(14-29-21)28(24,26-2)27-3/h4-14,18H,1-3H3. The molecule has 4 rings (SSSR count). The van der Waals surface area contributed by atoms with E-state index in [9.17, 15) is 4.57 Å². The Balaban J connectivity index is 1.87. The molecule has 0 fully saturated rings. The van der Waals surface area contributed by atoms with E-state index in [1.807, 2.05) is 65.6 Å². The van der Waals surface area contributed by atoms with Crippen molar-refractivity contribution in [1.29, 1.82) is 0 Å². The largest absolute Gasteiger partial charge is 0.496 e. The average Bonchev–Trinajstić information content (AvgIpc) is 3.23. The van der Waals surface area contributed by atoms with Gasteiger partial charge in [0.1, 0.15) is 11.2 Å². The van der Waals surface area contributed by atoms with Crippen molar-refractivity contribution < 1.29 is 18.3 Å². The number of rotatable bonds is 6. The van der Waals surface area contributed by atoms with E-state index in [2.05, 4.69) is 0 Å². The zero-order valence-electron chi connectivity index (χ0n) is 16.3. The number of fused-ring (bicyclic) bond motifs is 1. The molecular formula is C21H21N2O4PS. The molecule has 8 heteroatoms. The number of aliphatic imine (C=N–C) groups is 1. The normalized spacial score (nSPS) is 18.7. The highest BCUT2D eigenvalue weighted by atomic mass is 32.2. The van der Waals surface area contributed by atoms with Crippen LogP contribution < -0.4 is 4.74 Å². The Morgan fingerprint density at radius 1 is 1.00 bits per heavy atom. The van der Waals surface area contributed by atoms with Crippen molar-refractivity contribution in [3.05, 3.63) is 82.6 Å².